The van der Waals surface area contributed by atoms with Crippen molar-refractivity contribution in [2.75, 3.05) is 53.0 Å². The number of ether oxygens (including phenoxy) is 2. The molecule has 11 nitrogen and oxygen atoms in total. The van der Waals surface area contributed by atoms with Gasteiger partial charge in [-0.3, -0.25) is 24.6 Å². The molecule has 4 amide bonds. The first-order chi connectivity index (χ1) is 19.0. The van der Waals surface area contributed by atoms with Gasteiger partial charge >= 0.3 is 6.03 Å². The molecule has 206 valence electrons. The number of amides is 4. The van der Waals surface area contributed by atoms with Crippen LogP contribution in [-0.4, -0.2) is 95.4 Å². The van der Waals surface area contributed by atoms with Crippen LogP contribution in [0.25, 0.3) is 10.9 Å². The summed E-state index contributed by atoms with van der Waals surface area (Å²) in [5.41, 5.74) is 5.02. The topological polar surface area (TPSA) is 117 Å². The number of carbonyl (C=O) groups excluding carboxylic acids is 3. The number of aromatic nitrogens is 1. The first kappa shape index (κ1) is 25.6. The van der Waals surface area contributed by atoms with Gasteiger partial charge in [0.2, 0.25) is 0 Å². The molecule has 0 bridgehead atoms. The van der Waals surface area contributed by atoms with Crippen LogP contribution in [0, 0.1) is 5.92 Å². The number of hydrogen-bond acceptors (Lipinski definition) is 7. The van der Waals surface area contributed by atoms with Crippen LogP contribution in [0.15, 0.2) is 42.0 Å². The lowest BCUT2D eigenvalue weighted by Gasteiger charge is -2.30. The van der Waals surface area contributed by atoms with Crippen molar-refractivity contribution in [1.29, 1.82) is 0 Å². The Morgan fingerprint density at radius 3 is 2.77 bits per heavy atom. The molecule has 4 aliphatic rings. The molecule has 2 fully saturated rings. The Morgan fingerprint density at radius 2 is 2.03 bits per heavy atom. The highest BCUT2D eigenvalue weighted by Crippen LogP contribution is 2.42. The van der Waals surface area contributed by atoms with Gasteiger partial charge in [-0.2, -0.15) is 0 Å². The quantitative estimate of drug-likeness (QED) is 0.316. The minimum atomic E-state index is -0.650. The lowest BCUT2D eigenvalue weighted by molar-refractivity contribution is -0.128. The van der Waals surface area contributed by atoms with E-state index in [9.17, 15) is 14.4 Å². The fraction of sp³-hybridized carbons (Fsp3) is 0.464. The number of urea groups is 1. The number of fused-ring (bicyclic) bond motifs is 5. The van der Waals surface area contributed by atoms with Gasteiger partial charge in [0.25, 0.3) is 11.8 Å². The molecule has 0 spiro atoms. The van der Waals surface area contributed by atoms with Gasteiger partial charge in [0.15, 0.2) is 6.04 Å². The molecule has 0 saturated carbocycles. The van der Waals surface area contributed by atoms with E-state index in [1.807, 2.05) is 18.2 Å². The molecule has 0 radical (unpaired) electrons. The Bertz CT molecular complexity index is 1370. The summed E-state index contributed by atoms with van der Waals surface area (Å²) >= 11 is 0. The molecule has 11 heteroatoms. The van der Waals surface area contributed by atoms with Crippen LogP contribution >= 0.6 is 0 Å². The maximum Gasteiger partial charge on any atom is 0.327 e. The molecule has 2 saturated heterocycles. The summed E-state index contributed by atoms with van der Waals surface area (Å²) in [5.74, 6) is 0.102. The van der Waals surface area contributed by atoms with Crippen LogP contribution in [-0.2, 0) is 27.3 Å². The van der Waals surface area contributed by atoms with E-state index in [4.69, 9.17) is 14.7 Å². The molecule has 1 aromatic carbocycles. The number of imide groups is 1. The maximum absolute atomic E-state index is 13.3. The Kier molecular flexibility index (Phi) is 6.88. The third kappa shape index (κ3) is 4.60. The maximum atomic E-state index is 13.3. The van der Waals surface area contributed by atoms with Crippen molar-refractivity contribution >= 4 is 28.7 Å². The molecule has 2 atom stereocenters. The third-order valence-corrected chi connectivity index (χ3v) is 8.20. The molecular formula is C28H33N5O6. The molecule has 1 aromatic heterocycles. The molecule has 2 N–H and O–H groups in total. The van der Waals surface area contributed by atoms with Crippen LogP contribution in [0.5, 0.6) is 5.75 Å². The summed E-state index contributed by atoms with van der Waals surface area (Å²) in [6, 6.07) is 5.16. The number of carbonyl (C=O) groups is 3. The largest absolute Gasteiger partial charge is 0.492 e. The van der Waals surface area contributed by atoms with Crippen LogP contribution in [0.2, 0.25) is 0 Å². The smallest absolute Gasteiger partial charge is 0.327 e. The summed E-state index contributed by atoms with van der Waals surface area (Å²) in [6.45, 7) is 5.80. The highest BCUT2D eigenvalue weighted by Gasteiger charge is 2.49. The van der Waals surface area contributed by atoms with Gasteiger partial charge in [-0.15, -0.1) is 0 Å². The number of nitrogens with one attached hydrogen (secondary N) is 1. The van der Waals surface area contributed by atoms with E-state index >= 15 is 0 Å². The average Bonchev–Trinajstić information content (AvgIpc) is 3.39. The van der Waals surface area contributed by atoms with Gasteiger partial charge in [-0.05, 0) is 42.5 Å². The van der Waals surface area contributed by atoms with Crippen molar-refractivity contribution in [3.8, 4) is 5.75 Å². The average molecular weight is 536 g/mol. The summed E-state index contributed by atoms with van der Waals surface area (Å²) < 4.78 is 13.7. The molecule has 3 aliphatic heterocycles. The van der Waals surface area contributed by atoms with Crippen molar-refractivity contribution in [2.24, 2.45) is 5.92 Å². The predicted octanol–water partition coefficient (Wildman–Crippen LogP) is 1.85. The van der Waals surface area contributed by atoms with Crippen LogP contribution < -0.4 is 10.2 Å². The molecule has 1 aliphatic carbocycles. The monoisotopic (exact) mass is 535 g/mol. The molecular weight excluding hydrogens is 502 g/mol. The normalized spacial score (nSPS) is 23.2. The molecule has 39 heavy (non-hydrogen) atoms. The van der Waals surface area contributed by atoms with Crippen LogP contribution in [0.4, 0.5) is 4.79 Å². The number of hydroxylamine groups is 1. The first-order valence-corrected chi connectivity index (χ1v) is 13.4. The Morgan fingerprint density at radius 1 is 1.21 bits per heavy atom. The number of morpholine rings is 1. The van der Waals surface area contributed by atoms with Crippen LogP contribution in [0.1, 0.15) is 23.7 Å². The SMILES string of the molecule is CN1C(=O)C2c3c(c4cc(OCCN5CCOCC5)ccc4n3CC3C=CC(C(=O)NO)=CC3)CCN2C1=O. The van der Waals surface area contributed by atoms with Crippen molar-refractivity contribution in [2.45, 2.75) is 25.4 Å². The number of rotatable bonds is 7. The second-order valence-corrected chi connectivity index (χ2v) is 10.4. The van der Waals surface area contributed by atoms with Gasteiger partial charge in [0.1, 0.15) is 12.4 Å². The fourth-order valence-corrected chi connectivity index (χ4v) is 6.11. The second kappa shape index (κ2) is 10.5. The van der Waals surface area contributed by atoms with E-state index in [2.05, 4.69) is 15.5 Å². The van der Waals surface area contributed by atoms with E-state index in [1.54, 1.807) is 29.6 Å². The first-order valence-electron chi connectivity index (χ1n) is 13.4. The highest BCUT2D eigenvalue weighted by molar-refractivity contribution is 6.05. The number of nitrogens with zero attached hydrogens (tertiary/aromatic N) is 4. The Labute approximate surface area is 226 Å². The minimum absolute atomic E-state index is 0.0738. The summed E-state index contributed by atoms with van der Waals surface area (Å²) in [6.07, 6.45) is 6.74. The van der Waals surface area contributed by atoms with Gasteiger partial charge in [-0.1, -0.05) is 18.2 Å². The summed E-state index contributed by atoms with van der Waals surface area (Å²) in [7, 11) is 1.54. The van der Waals surface area contributed by atoms with Gasteiger partial charge in [0.05, 0.1) is 18.9 Å². The zero-order valence-electron chi connectivity index (χ0n) is 22.0. The van der Waals surface area contributed by atoms with Gasteiger partial charge in [-0.25, -0.2) is 10.3 Å². The second-order valence-electron chi connectivity index (χ2n) is 10.4. The Hall–Kier alpha value is -3.67. The van der Waals surface area contributed by atoms with Crippen molar-refractivity contribution < 1.29 is 29.1 Å². The molecule has 6 rings (SSSR count). The van der Waals surface area contributed by atoms with Crippen molar-refractivity contribution in [3.05, 3.63) is 53.3 Å². The summed E-state index contributed by atoms with van der Waals surface area (Å²) in [4.78, 5) is 43.1. The standard InChI is InChI=1S/C28H33N5O6/c1-30-27(35)25-24-21(8-9-32(25)28(30)36)22-16-20(39-15-12-31-10-13-38-14-11-31)6-7-23(22)33(24)17-18-2-4-19(5-3-18)26(34)29-37/h2,4-7,16,18,25,37H,3,8-15,17H2,1H3,(H,29,34). The minimum Gasteiger partial charge on any atom is -0.492 e. The van der Waals surface area contributed by atoms with Crippen molar-refractivity contribution in [1.82, 2.24) is 24.7 Å². The Balaban J connectivity index is 1.32. The van der Waals surface area contributed by atoms with Crippen molar-refractivity contribution in [3.63, 3.8) is 0 Å². The molecule has 2 aromatic rings. The lowest BCUT2D eigenvalue weighted by Crippen LogP contribution is -2.38. The highest BCUT2D eigenvalue weighted by atomic mass is 16.5. The van der Waals surface area contributed by atoms with Crippen LogP contribution in [0.3, 0.4) is 0 Å². The zero-order valence-corrected chi connectivity index (χ0v) is 22.0. The molecule has 4 heterocycles. The van der Waals surface area contributed by atoms with E-state index in [-0.39, 0.29) is 17.9 Å². The van der Waals surface area contributed by atoms with Gasteiger partial charge in [0, 0.05) is 56.2 Å². The molecule has 2 unspecified atom stereocenters. The fourth-order valence-electron chi connectivity index (χ4n) is 6.11. The van der Waals surface area contributed by atoms with Gasteiger partial charge < -0.3 is 18.9 Å². The lowest BCUT2D eigenvalue weighted by atomic mass is 9.95. The zero-order chi connectivity index (χ0) is 27.1. The number of benzene rings is 1. The van der Waals surface area contributed by atoms with E-state index in [1.165, 1.54) is 4.90 Å². The van der Waals surface area contributed by atoms with E-state index < -0.39 is 11.9 Å². The number of likely N-dealkylation sites (N-methyl/N-ethyl adjacent to an activating group) is 1. The van der Waals surface area contributed by atoms with E-state index in [0.717, 1.165) is 60.8 Å². The third-order valence-electron chi connectivity index (χ3n) is 8.20. The summed E-state index contributed by atoms with van der Waals surface area (Å²) in [5, 5.41) is 9.99. The number of hydrogen-bond donors (Lipinski definition) is 2. The number of allylic oxidation sites excluding steroid dienone is 2. The predicted molar refractivity (Wildman–Crippen MR) is 141 cm³/mol. The van der Waals surface area contributed by atoms with E-state index in [0.29, 0.717) is 38.1 Å².